The summed E-state index contributed by atoms with van der Waals surface area (Å²) >= 11 is 0. The van der Waals surface area contributed by atoms with Gasteiger partial charge in [-0.1, -0.05) is 38.3 Å². The van der Waals surface area contributed by atoms with Gasteiger partial charge in [-0.3, -0.25) is 0 Å². The molecule has 0 N–H and O–H groups in total. The molecule has 64 valence electrons. The Kier molecular flexibility index (Phi) is 4.33. The van der Waals surface area contributed by atoms with Crippen molar-refractivity contribution >= 4 is 0 Å². The molecule has 1 atom stereocenters. The smallest absolute Gasteiger partial charge is 0.0236 e. The molecule has 0 spiro atoms. The van der Waals surface area contributed by atoms with Crippen LogP contribution in [0.1, 0.15) is 51.9 Å². The van der Waals surface area contributed by atoms with Gasteiger partial charge in [-0.2, -0.15) is 0 Å². The molecule has 0 saturated carbocycles. The first kappa shape index (κ1) is 8.83. The van der Waals surface area contributed by atoms with Crippen LogP contribution < -0.4 is 0 Å². The molecule has 0 amide bonds. The Hall–Kier alpha value is -0.260. The first-order valence-electron chi connectivity index (χ1n) is 5.10. The van der Waals surface area contributed by atoms with Gasteiger partial charge in [0.05, 0.1) is 0 Å². The zero-order chi connectivity index (χ0) is 7.94. The van der Waals surface area contributed by atoms with Gasteiger partial charge in [-0.05, 0) is 31.6 Å². The zero-order valence-electron chi connectivity index (χ0n) is 7.68. The minimum atomic E-state index is 0.882. The summed E-state index contributed by atoms with van der Waals surface area (Å²) < 4.78 is 0. The van der Waals surface area contributed by atoms with Crippen LogP contribution in [0.3, 0.4) is 0 Å². The minimum Gasteiger partial charge on any atom is -0.0883 e. The molecule has 1 unspecified atom stereocenters. The SMILES string of the molecule is CCC1/C=C\CCCCCC1. The molecular weight excluding hydrogens is 132 g/mol. The Morgan fingerprint density at radius 1 is 1.18 bits per heavy atom. The summed E-state index contributed by atoms with van der Waals surface area (Å²) in [5, 5.41) is 0. The molecule has 0 aromatic heterocycles. The van der Waals surface area contributed by atoms with Crippen LogP contribution in [0, 0.1) is 5.92 Å². The number of hydrogen-bond donors (Lipinski definition) is 0. The standard InChI is InChI=1S/C11H20/c1-2-11-9-7-5-3-4-6-8-10-11/h7,9,11H,2-6,8,10H2,1H3/b9-7-. The maximum atomic E-state index is 2.44. The molecule has 1 rings (SSSR count). The summed E-state index contributed by atoms with van der Waals surface area (Å²) in [6, 6.07) is 0. The molecule has 0 bridgehead atoms. The highest BCUT2D eigenvalue weighted by molar-refractivity contribution is 4.88. The van der Waals surface area contributed by atoms with E-state index in [4.69, 9.17) is 0 Å². The zero-order valence-corrected chi connectivity index (χ0v) is 7.68. The van der Waals surface area contributed by atoms with Crippen molar-refractivity contribution in [2.75, 3.05) is 0 Å². The Morgan fingerprint density at radius 2 is 2.00 bits per heavy atom. The molecule has 0 heteroatoms. The third-order valence-electron chi connectivity index (χ3n) is 2.63. The van der Waals surface area contributed by atoms with E-state index in [0.717, 1.165) is 5.92 Å². The van der Waals surface area contributed by atoms with Crippen molar-refractivity contribution in [3.8, 4) is 0 Å². The molecule has 0 aliphatic heterocycles. The van der Waals surface area contributed by atoms with Gasteiger partial charge in [0.2, 0.25) is 0 Å². The van der Waals surface area contributed by atoms with Crippen LogP contribution in [0.15, 0.2) is 12.2 Å². The normalized spacial score (nSPS) is 30.1. The number of hydrogen-bond acceptors (Lipinski definition) is 0. The minimum absolute atomic E-state index is 0.882. The lowest BCUT2D eigenvalue weighted by molar-refractivity contribution is 0.523. The van der Waals surface area contributed by atoms with Gasteiger partial charge >= 0.3 is 0 Å². The van der Waals surface area contributed by atoms with Crippen LogP contribution >= 0.6 is 0 Å². The van der Waals surface area contributed by atoms with Gasteiger partial charge in [0.15, 0.2) is 0 Å². The second-order valence-corrected chi connectivity index (χ2v) is 3.59. The molecule has 1 aliphatic rings. The quantitative estimate of drug-likeness (QED) is 0.499. The Bertz CT molecular complexity index is 113. The molecule has 11 heavy (non-hydrogen) atoms. The van der Waals surface area contributed by atoms with E-state index >= 15 is 0 Å². The third-order valence-corrected chi connectivity index (χ3v) is 2.63. The first-order chi connectivity index (χ1) is 5.43. The molecule has 0 radical (unpaired) electrons. The lowest BCUT2D eigenvalue weighted by Gasteiger charge is -2.07. The molecule has 0 saturated heterocycles. The second kappa shape index (κ2) is 5.40. The van der Waals surface area contributed by atoms with Crippen molar-refractivity contribution in [2.45, 2.75) is 51.9 Å². The molecule has 0 nitrogen and oxygen atoms in total. The summed E-state index contributed by atoms with van der Waals surface area (Å²) in [5.41, 5.74) is 0. The molecule has 0 heterocycles. The highest BCUT2D eigenvalue weighted by atomic mass is 14.1. The Labute approximate surface area is 70.7 Å². The van der Waals surface area contributed by atoms with Crippen molar-refractivity contribution < 1.29 is 0 Å². The largest absolute Gasteiger partial charge is 0.0883 e. The van der Waals surface area contributed by atoms with Crippen LogP contribution in [0.4, 0.5) is 0 Å². The van der Waals surface area contributed by atoms with Crippen LogP contribution in [-0.4, -0.2) is 0 Å². The molecular formula is C11H20. The van der Waals surface area contributed by atoms with Crippen molar-refractivity contribution in [2.24, 2.45) is 5.92 Å². The average molecular weight is 152 g/mol. The summed E-state index contributed by atoms with van der Waals surface area (Å²) in [4.78, 5) is 0. The van der Waals surface area contributed by atoms with E-state index in [1.54, 1.807) is 0 Å². The van der Waals surface area contributed by atoms with E-state index in [1.807, 2.05) is 0 Å². The maximum Gasteiger partial charge on any atom is -0.0236 e. The summed E-state index contributed by atoms with van der Waals surface area (Å²) in [7, 11) is 0. The Morgan fingerprint density at radius 3 is 2.82 bits per heavy atom. The predicted molar refractivity (Wildman–Crippen MR) is 50.6 cm³/mol. The summed E-state index contributed by atoms with van der Waals surface area (Å²) in [6.07, 6.45) is 14.7. The molecule has 1 aliphatic carbocycles. The monoisotopic (exact) mass is 152 g/mol. The van der Waals surface area contributed by atoms with E-state index in [0.29, 0.717) is 0 Å². The fraction of sp³-hybridized carbons (Fsp3) is 0.818. The van der Waals surface area contributed by atoms with Gasteiger partial charge < -0.3 is 0 Å². The van der Waals surface area contributed by atoms with E-state index in [9.17, 15) is 0 Å². The number of rotatable bonds is 1. The average Bonchev–Trinajstić information content (AvgIpc) is 2.16. The highest BCUT2D eigenvalue weighted by Gasteiger charge is 2.02. The van der Waals surface area contributed by atoms with Gasteiger partial charge in [0, 0.05) is 0 Å². The van der Waals surface area contributed by atoms with Crippen LogP contribution in [0.2, 0.25) is 0 Å². The highest BCUT2D eigenvalue weighted by Crippen LogP contribution is 2.18. The van der Waals surface area contributed by atoms with Crippen molar-refractivity contribution in [1.29, 1.82) is 0 Å². The van der Waals surface area contributed by atoms with Crippen molar-refractivity contribution in [3.63, 3.8) is 0 Å². The lowest BCUT2D eigenvalue weighted by Crippen LogP contribution is -1.92. The fourth-order valence-corrected chi connectivity index (χ4v) is 1.75. The molecule has 0 aromatic rings. The maximum absolute atomic E-state index is 2.44. The van der Waals surface area contributed by atoms with Crippen molar-refractivity contribution in [3.05, 3.63) is 12.2 Å². The van der Waals surface area contributed by atoms with E-state index in [1.165, 1.54) is 44.9 Å². The topological polar surface area (TPSA) is 0 Å². The van der Waals surface area contributed by atoms with Crippen LogP contribution in [-0.2, 0) is 0 Å². The molecule has 0 fully saturated rings. The van der Waals surface area contributed by atoms with Gasteiger partial charge in [0.25, 0.3) is 0 Å². The summed E-state index contributed by atoms with van der Waals surface area (Å²) in [5.74, 6) is 0.882. The fourth-order valence-electron chi connectivity index (χ4n) is 1.75. The van der Waals surface area contributed by atoms with Gasteiger partial charge in [-0.15, -0.1) is 0 Å². The van der Waals surface area contributed by atoms with Gasteiger partial charge in [-0.25, -0.2) is 0 Å². The lowest BCUT2D eigenvalue weighted by atomic mass is 9.99. The second-order valence-electron chi connectivity index (χ2n) is 3.59. The summed E-state index contributed by atoms with van der Waals surface area (Å²) in [6.45, 7) is 2.30. The van der Waals surface area contributed by atoms with Crippen LogP contribution in [0.25, 0.3) is 0 Å². The van der Waals surface area contributed by atoms with E-state index in [2.05, 4.69) is 19.1 Å². The first-order valence-corrected chi connectivity index (χ1v) is 5.10. The number of allylic oxidation sites excluding steroid dienone is 2. The van der Waals surface area contributed by atoms with E-state index < -0.39 is 0 Å². The van der Waals surface area contributed by atoms with Crippen LogP contribution in [0.5, 0.6) is 0 Å². The molecule has 0 aromatic carbocycles. The predicted octanol–water partition coefficient (Wildman–Crippen LogP) is 3.92. The van der Waals surface area contributed by atoms with E-state index in [-0.39, 0.29) is 0 Å². The van der Waals surface area contributed by atoms with Crippen molar-refractivity contribution in [1.82, 2.24) is 0 Å². The van der Waals surface area contributed by atoms with Gasteiger partial charge in [0.1, 0.15) is 0 Å². The Balaban J connectivity index is 2.32. The third kappa shape index (κ3) is 3.60.